The van der Waals surface area contributed by atoms with E-state index in [0.717, 1.165) is 19.9 Å². The van der Waals surface area contributed by atoms with Crippen LogP contribution in [-0.4, -0.2) is 48.3 Å². The van der Waals surface area contributed by atoms with Crippen LogP contribution >= 0.6 is 0 Å². The molecule has 0 radical (unpaired) electrons. The molecule has 0 aromatic carbocycles. The van der Waals surface area contributed by atoms with Gasteiger partial charge in [-0.1, -0.05) is 0 Å². The number of nitrogens with zero attached hydrogens (tertiary/aromatic N) is 1. The fraction of sp³-hybridized carbons (Fsp3) is 0.917. The van der Waals surface area contributed by atoms with Crippen molar-refractivity contribution in [3.05, 3.63) is 0 Å². The Labute approximate surface area is 117 Å². The lowest BCUT2D eigenvalue weighted by Gasteiger charge is -2.37. The highest BCUT2D eigenvalue weighted by atomic mass is 19.4. The molecule has 0 aromatic rings. The molecule has 1 N–H and O–H groups in total. The minimum Gasteiger partial charge on any atom is -0.342 e. The van der Waals surface area contributed by atoms with Crippen molar-refractivity contribution >= 4 is 5.91 Å². The largest absolute Gasteiger partial charge is 0.409 e. The highest BCUT2D eigenvalue weighted by Gasteiger charge is 2.62. The molecule has 0 aliphatic carbocycles. The minimum absolute atomic E-state index is 0.0687. The summed E-state index contributed by atoms with van der Waals surface area (Å²) >= 11 is 0. The molecule has 2 rings (SSSR count). The Bertz CT molecular complexity index is 382. The van der Waals surface area contributed by atoms with E-state index in [-0.39, 0.29) is 12.1 Å². The van der Waals surface area contributed by atoms with Gasteiger partial charge in [0.05, 0.1) is 0 Å². The Morgan fingerprint density at radius 3 is 1.86 bits per heavy atom. The van der Waals surface area contributed by atoms with Gasteiger partial charge < -0.3 is 10.2 Å². The number of carbonyl (C=O) groups excluding carboxylic acids is 1. The smallest absolute Gasteiger partial charge is 0.342 e. The van der Waals surface area contributed by atoms with Gasteiger partial charge in [0.1, 0.15) is 0 Å². The summed E-state index contributed by atoms with van der Waals surface area (Å²) in [6, 6.07) is -0.443. The lowest BCUT2D eigenvalue weighted by molar-refractivity contribution is -0.277. The van der Waals surface area contributed by atoms with Crippen molar-refractivity contribution in [3.8, 4) is 0 Å². The van der Waals surface area contributed by atoms with Crippen LogP contribution < -0.4 is 5.32 Å². The van der Waals surface area contributed by atoms with Crippen LogP contribution in [0.5, 0.6) is 0 Å². The van der Waals surface area contributed by atoms with E-state index in [1.54, 1.807) is 0 Å². The molecule has 1 amide bonds. The molecule has 0 saturated carbocycles. The summed E-state index contributed by atoms with van der Waals surface area (Å²) in [6.45, 7) is 0. The SMILES string of the molecule is CN(C(=O)C(C(F)(F)F)C(F)(F)F)C1CC2CCC(C1)N2. The molecule has 0 spiro atoms. The molecule has 21 heavy (non-hydrogen) atoms. The summed E-state index contributed by atoms with van der Waals surface area (Å²) in [5.41, 5.74) is 0. The predicted octanol–water partition coefficient (Wildman–Crippen LogP) is 2.47. The molecule has 0 aromatic heterocycles. The highest BCUT2D eigenvalue weighted by molar-refractivity contribution is 5.80. The van der Waals surface area contributed by atoms with Crippen molar-refractivity contribution in [1.82, 2.24) is 10.2 Å². The van der Waals surface area contributed by atoms with Crippen LogP contribution in [0.3, 0.4) is 0 Å². The second-order valence-corrected chi connectivity index (χ2v) is 5.73. The van der Waals surface area contributed by atoms with Gasteiger partial charge in [-0.05, 0) is 25.7 Å². The molecule has 122 valence electrons. The van der Waals surface area contributed by atoms with Crippen LogP contribution in [0.4, 0.5) is 26.3 Å². The van der Waals surface area contributed by atoms with Crippen molar-refractivity contribution in [2.24, 2.45) is 5.92 Å². The maximum atomic E-state index is 12.6. The van der Waals surface area contributed by atoms with E-state index in [0.29, 0.717) is 17.7 Å². The molecule has 2 bridgehead atoms. The Morgan fingerprint density at radius 1 is 1.05 bits per heavy atom. The van der Waals surface area contributed by atoms with Crippen molar-refractivity contribution in [2.45, 2.75) is 56.2 Å². The summed E-state index contributed by atoms with van der Waals surface area (Å²) in [5.74, 6) is -5.86. The highest BCUT2D eigenvalue weighted by Crippen LogP contribution is 2.41. The van der Waals surface area contributed by atoms with Crippen LogP contribution in [0.25, 0.3) is 0 Å². The van der Waals surface area contributed by atoms with Gasteiger partial charge in [0.2, 0.25) is 11.8 Å². The van der Waals surface area contributed by atoms with Crippen molar-refractivity contribution in [2.75, 3.05) is 7.05 Å². The number of nitrogens with one attached hydrogen (secondary N) is 1. The van der Waals surface area contributed by atoms with E-state index in [2.05, 4.69) is 5.32 Å². The average Bonchev–Trinajstić information content (AvgIpc) is 2.63. The number of fused-ring (bicyclic) bond motifs is 2. The van der Waals surface area contributed by atoms with E-state index < -0.39 is 30.2 Å². The van der Waals surface area contributed by atoms with Gasteiger partial charge in [0.15, 0.2) is 0 Å². The van der Waals surface area contributed by atoms with Gasteiger partial charge in [-0.25, -0.2) is 0 Å². The molecular weight excluding hydrogens is 302 g/mol. The molecule has 2 atom stereocenters. The maximum absolute atomic E-state index is 12.6. The van der Waals surface area contributed by atoms with Crippen LogP contribution in [0.2, 0.25) is 0 Å². The molecule has 3 nitrogen and oxygen atoms in total. The molecule has 2 unspecified atom stereocenters. The summed E-state index contributed by atoms with van der Waals surface area (Å²) < 4.78 is 75.5. The Balaban J connectivity index is 2.13. The fourth-order valence-electron chi connectivity index (χ4n) is 3.19. The molecular formula is C12H16F6N2O. The van der Waals surface area contributed by atoms with E-state index in [1.165, 1.54) is 0 Å². The van der Waals surface area contributed by atoms with Crippen LogP contribution in [0.15, 0.2) is 0 Å². The zero-order valence-corrected chi connectivity index (χ0v) is 11.3. The molecule has 2 heterocycles. The minimum atomic E-state index is -5.63. The van der Waals surface area contributed by atoms with Gasteiger partial charge in [0.25, 0.3) is 0 Å². The third-order valence-corrected chi connectivity index (χ3v) is 4.25. The topological polar surface area (TPSA) is 32.3 Å². The zero-order valence-electron chi connectivity index (χ0n) is 11.3. The van der Waals surface area contributed by atoms with Gasteiger partial charge in [-0.2, -0.15) is 26.3 Å². The van der Waals surface area contributed by atoms with E-state index >= 15 is 0 Å². The first-order valence-corrected chi connectivity index (χ1v) is 6.66. The van der Waals surface area contributed by atoms with Crippen molar-refractivity contribution in [3.63, 3.8) is 0 Å². The fourth-order valence-corrected chi connectivity index (χ4v) is 3.19. The first-order valence-electron chi connectivity index (χ1n) is 6.66. The van der Waals surface area contributed by atoms with Gasteiger partial charge in [0, 0.05) is 25.2 Å². The standard InChI is InChI=1S/C12H16F6N2O/c1-20(8-4-6-2-3-7(5-8)19-6)10(21)9(11(13,14)15)12(16,17)18/h6-9,19H,2-5H2,1H3. The lowest BCUT2D eigenvalue weighted by atomic mass is 9.96. The first kappa shape index (κ1) is 16.4. The normalized spacial score (nSPS) is 29.8. The molecule has 2 aliphatic heterocycles. The summed E-state index contributed by atoms with van der Waals surface area (Å²) in [5, 5.41) is 3.22. The van der Waals surface area contributed by atoms with Crippen LogP contribution in [0.1, 0.15) is 25.7 Å². The van der Waals surface area contributed by atoms with E-state index in [4.69, 9.17) is 0 Å². The van der Waals surface area contributed by atoms with Gasteiger partial charge in [-0.15, -0.1) is 0 Å². The Kier molecular flexibility index (Phi) is 4.16. The molecule has 2 saturated heterocycles. The quantitative estimate of drug-likeness (QED) is 0.793. The zero-order chi connectivity index (χ0) is 16.0. The summed E-state index contributed by atoms with van der Waals surface area (Å²) in [7, 11) is 1.03. The molecule has 9 heteroatoms. The number of alkyl halides is 6. The Morgan fingerprint density at radius 2 is 1.48 bits per heavy atom. The average molecular weight is 318 g/mol. The maximum Gasteiger partial charge on any atom is 0.409 e. The third-order valence-electron chi connectivity index (χ3n) is 4.25. The number of hydrogen-bond donors (Lipinski definition) is 1. The predicted molar refractivity (Wildman–Crippen MR) is 61.3 cm³/mol. The van der Waals surface area contributed by atoms with Crippen LogP contribution in [0, 0.1) is 5.92 Å². The van der Waals surface area contributed by atoms with E-state index in [1.807, 2.05) is 0 Å². The van der Waals surface area contributed by atoms with Crippen molar-refractivity contribution in [1.29, 1.82) is 0 Å². The van der Waals surface area contributed by atoms with Crippen LogP contribution in [-0.2, 0) is 4.79 Å². The van der Waals surface area contributed by atoms with Gasteiger partial charge >= 0.3 is 12.4 Å². The number of hydrogen-bond acceptors (Lipinski definition) is 2. The Hall–Kier alpha value is -0.990. The number of rotatable bonds is 2. The number of carbonyl (C=O) groups is 1. The first-order chi connectivity index (χ1) is 9.50. The summed E-state index contributed by atoms with van der Waals surface area (Å²) in [4.78, 5) is 12.4. The molecule has 2 fully saturated rings. The van der Waals surface area contributed by atoms with Crippen molar-refractivity contribution < 1.29 is 31.1 Å². The second-order valence-electron chi connectivity index (χ2n) is 5.73. The second kappa shape index (κ2) is 5.33. The van der Waals surface area contributed by atoms with E-state index in [9.17, 15) is 31.1 Å². The number of piperidine rings is 1. The summed E-state index contributed by atoms with van der Waals surface area (Å²) in [6.07, 6.45) is -8.80. The monoisotopic (exact) mass is 318 g/mol. The third kappa shape index (κ3) is 3.44. The van der Waals surface area contributed by atoms with Gasteiger partial charge in [-0.3, -0.25) is 4.79 Å². The number of halogens is 6. The molecule has 2 aliphatic rings. The lowest BCUT2D eigenvalue weighted by Crippen LogP contribution is -2.54. The number of amides is 1.